The van der Waals surface area contributed by atoms with E-state index in [1.54, 1.807) is 7.11 Å². The van der Waals surface area contributed by atoms with Crippen LogP contribution in [-0.2, 0) is 4.74 Å². The Balaban J connectivity index is 2.97. The molecule has 0 unspecified atom stereocenters. The number of allylic oxidation sites excluding steroid dienone is 1. The van der Waals surface area contributed by atoms with E-state index in [2.05, 4.69) is 13.5 Å². The third-order valence-corrected chi connectivity index (χ3v) is 3.49. The lowest BCUT2D eigenvalue weighted by molar-refractivity contribution is 0.276. The van der Waals surface area contributed by atoms with Gasteiger partial charge in [-0.15, -0.1) is 0 Å². The van der Waals surface area contributed by atoms with Crippen LogP contribution in [0.5, 0.6) is 0 Å². The molecule has 0 spiro atoms. The third kappa shape index (κ3) is 13.6. The van der Waals surface area contributed by atoms with Crippen molar-refractivity contribution in [1.29, 1.82) is 0 Å². The molecule has 0 aromatic carbocycles. The van der Waals surface area contributed by atoms with Crippen LogP contribution in [0.15, 0.2) is 12.3 Å². The van der Waals surface area contributed by atoms with Crippen LogP contribution in [0, 0.1) is 6.92 Å². The molecule has 0 N–H and O–H groups in total. The number of rotatable bonds is 14. The summed E-state index contributed by atoms with van der Waals surface area (Å²) in [6.07, 6.45) is 17.3. The highest BCUT2D eigenvalue weighted by molar-refractivity contribution is 4.80. The van der Waals surface area contributed by atoms with Gasteiger partial charge in [-0.2, -0.15) is 0 Å². The van der Waals surface area contributed by atoms with Gasteiger partial charge in [0.25, 0.3) is 0 Å². The zero-order valence-electron chi connectivity index (χ0n) is 12.5. The minimum absolute atomic E-state index is 0.928. The smallest absolute Gasteiger partial charge is 0.0883 e. The summed E-state index contributed by atoms with van der Waals surface area (Å²) < 4.78 is 5.05. The van der Waals surface area contributed by atoms with Gasteiger partial charge in [0, 0.05) is 6.42 Å². The van der Waals surface area contributed by atoms with Crippen molar-refractivity contribution < 1.29 is 4.74 Å². The quantitative estimate of drug-likeness (QED) is 0.270. The summed E-state index contributed by atoms with van der Waals surface area (Å²) in [5.74, 6) is 0.928. The fraction of sp³-hybridized carbons (Fsp3) is 0.824. The Kier molecular flexibility index (Phi) is 14.2. The molecule has 0 atom stereocenters. The SMILES string of the molecule is [CH2]CCCCCCCCCCCCCC(=C)OC. The summed E-state index contributed by atoms with van der Waals surface area (Å²) in [7, 11) is 1.71. The van der Waals surface area contributed by atoms with E-state index in [0.717, 1.165) is 18.6 Å². The van der Waals surface area contributed by atoms with Crippen molar-refractivity contribution in [1.82, 2.24) is 0 Å². The van der Waals surface area contributed by atoms with Gasteiger partial charge in [-0.3, -0.25) is 0 Å². The van der Waals surface area contributed by atoms with Crippen molar-refractivity contribution in [3.63, 3.8) is 0 Å². The Morgan fingerprint density at radius 1 is 0.722 bits per heavy atom. The lowest BCUT2D eigenvalue weighted by Gasteiger charge is -2.04. The molecule has 18 heavy (non-hydrogen) atoms. The minimum Gasteiger partial charge on any atom is -0.502 e. The Labute approximate surface area is 115 Å². The lowest BCUT2D eigenvalue weighted by Crippen LogP contribution is -1.86. The molecule has 0 amide bonds. The van der Waals surface area contributed by atoms with Crippen LogP contribution < -0.4 is 0 Å². The Morgan fingerprint density at radius 2 is 1.11 bits per heavy atom. The second kappa shape index (κ2) is 14.6. The van der Waals surface area contributed by atoms with Crippen LogP contribution in [0.4, 0.5) is 0 Å². The van der Waals surface area contributed by atoms with Gasteiger partial charge in [0.2, 0.25) is 0 Å². The number of unbranched alkanes of at least 4 members (excludes halogenated alkanes) is 11. The van der Waals surface area contributed by atoms with Crippen molar-refractivity contribution in [3.05, 3.63) is 19.3 Å². The van der Waals surface area contributed by atoms with Gasteiger partial charge in [-0.05, 0) is 6.42 Å². The maximum absolute atomic E-state index is 5.05. The molecule has 0 aliphatic heterocycles. The van der Waals surface area contributed by atoms with Crippen molar-refractivity contribution in [3.8, 4) is 0 Å². The number of hydrogen-bond acceptors (Lipinski definition) is 1. The monoisotopic (exact) mass is 253 g/mol. The van der Waals surface area contributed by atoms with Gasteiger partial charge in [-0.1, -0.05) is 84.1 Å². The zero-order chi connectivity index (χ0) is 13.5. The van der Waals surface area contributed by atoms with Gasteiger partial charge in [0.1, 0.15) is 0 Å². The fourth-order valence-corrected chi connectivity index (χ4v) is 2.19. The fourth-order valence-electron chi connectivity index (χ4n) is 2.19. The molecule has 107 valence electrons. The third-order valence-electron chi connectivity index (χ3n) is 3.49. The Bertz CT molecular complexity index is 174. The molecule has 0 fully saturated rings. The summed E-state index contributed by atoms with van der Waals surface area (Å²) in [6, 6.07) is 0. The van der Waals surface area contributed by atoms with E-state index in [-0.39, 0.29) is 0 Å². The van der Waals surface area contributed by atoms with Crippen molar-refractivity contribution in [2.45, 2.75) is 83.5 Å². The van der Waals surface area contributed by atoms with Crippen molar-refractivity contribution in [2.75, 3.05) is 7.11 Å². The zero-order valence-corrected chi connectivity index (χ0v) is 12.5. The maximum Gasteiger partial charge on any atom is 0.0883 e. The molecule has 0 aliphatic rings. The average Bonchev–Trinajstić information content (AvgIpc) is 2.39. The normalized spacial score (nSPS) is 10.6. The van der Waals surface area contributed by atoms with Crippen LogP contribution >= 0.6 is 0 Å². The molecule has 0 heterocycles. The van der Waals surface area contributed by atoms with E-state index in [0.29, 0.717) is 0 Å². The molecular weight excluding hydrogens is 220 g/mol. The van der Waals surface area contributed by atoms with Gasteiger partial charge < -0.3 is 4.74 Å². The molecule has 1 heteroatoms. The standard InChI is InChI=1S/C17H33O/c1-4-5-6-7-8-9-10-11-12-13-14-15-16-17(2)18-3/h1-2,4-16H2,3H3. The minimum atomic E-state index is 0.928. The molecule has 0 aliphatic carbocycles. The first kappa shape index (κ1) is 17.5. The highest BCUT2D eigenvalue weighted by atomic mass is 16.5. The van der Waals surface area contributed by atoms with Gasteiger partial charge in [0.15, 0.2) is 0 Å². The molecule has 0 bridgehead atoms. The van der Waals surface area contributed by atoms with Gasteiger partial charge >= 0.3 is 0 Å². The second-order valence-corrected chi connectivity index (χ2v) is 5.24. The van der Waals surface area contributed by atoms with E-state index in [1.807, 2.05) is 0 Å². The Hall–Kier alpha value is -0.460. The molecule has 1 nitrogen and oxygen atoms in total. The van der Waals surface area contributed by atoms with E-state index < -0.39 is 0 Å². The predicted molar refractivity (Wildman–Crippen MR) is 81.5 cm³/mol. The number of ether oxygens (including phenoxy) is 1. The lowest BCUT2D eigenvalue weighted by atomic mass is 10.0. The molecule has 0 rings (SSSR count). The first-order chi connectivity index (χ1) is 8.81. The number of hydrogen-bond donors (Lipinski definition) is 0. The van der Waals surface area contributed by atoms with Crippen molar-refractivity contribution in [2.24, 2.45) is 0 Å². The summed E-state index contributed by atoms with van der Waals surface area (Å²) in [5.41, 5.74) is 0. The van der Waals surface area contributed by atoms with Crippen molar-refractivity contribution >= 4 is 0 Å². The summed E-state index contributed by atoms with van der Waals surface area (Å²) in [6.45, 7) is 7.71. The largest absolute Gasteiger partial charge is 0.502 e. The van der Waals surface area contributed by atoms with E-state index in [9.17, 15) is 0 Å². The van der Waals surface area contributed by atoms with Gasteiger partial charge in [0.05, 0.1) is 12.9 Å². The van der Waals surface area contributed by atoms with Crippen LogP contribution in [0.1, 0.15) is 83.5 Å². The Morgan fingerprint density at radius 3 is 1.50 bits per heavy atom. The van der Waals surface area contributed by atoms with Crippen LogP contribution in [0.2, 0.25) is 0 Å². The van der Waals surface area contributed by atoms with E-state index in [4.69, 9.17) is 4.74 Å². The summed E-state index contributed by atoms with van der Waals surface area (Å²) in [5, 5.41) is 0. The highest BCUT2D eigenvalue weighted by Gasteiger charge is 1.95. The molecule has 0 saturated heterocycles. The van der Waals surface area contributed by atoms with Crippen LogP contribution in [0.3, 0.4) is 0 Å². The molecule has 0 aromatic rings. The molecule has 1 radical (unpaired) electrons. The average molecular weight is 253 g/mol. The molecule has 0 saturated carbocycles. The summed E-state index contributed by atoms with van der Waals surface area (Å²) >= 11 is 0. The van der Waals surface area contributed by atoms with Gasteiger partial charge in [-0.25, -0.2) is 0 Å². The summed E-state index contributed by atoms with van der Waals surface area (Å²) in [4.78, 5) is 0. The van der Waals surface area contributed by atoms with Crippen LogP contribution in [0.25, 0.3) is 0 Å². The maximum atomic E-state index is 5.05. The first-order valence-electron chi connectivity index (χ1n) is 7.82. The first-order valence-corrected chi connectivity index (χ1v) is 7.82. The molecule has 0 aromatic heterocycles. The highest BCUT2D eigenvalue weighted by Crippen LogP contribution is 2.13. The molecular formula is C17H33O. The van der Waals surface area contributed by atoms with E-state index in [1.165, 1.54) is 70.6 Å². The topological polar surface area (TPSA) is 9.23 Å². The predicted octanol–water partition coefficient (Wildman–Crippen LogP) is 6.05. The number of methoxy groups -OCH3 is 1. The van der Waals surface area contributed by atoms with E-state index >= 15 is 0 Å². The second-order valence-electron chi connectivity index (χ2n) is 5.24. The van der Waals surface area contributed by atoms with Crippen LogP contribution in [-0.4, -0.2) is 7.11 Å².